The minimum absolute atomic E-state index is 0.389. The molecule has 0 radical (unpaired) electrons. The summed E-state index contributed by atoms with van der Waals surface area (Å²) in [5.74, 6) is -0.149. The van der Waals surface area contributed by atoms with Gasteiger partial charge in [-0.1, -0.05) is 26.7 Å². The zero-order valence-corrected chi connectivity index (χ0v) is 7.47. The molecule has 66 valence electrons. The number of carboxylic acid groups (broad SMARTS) is 1. The zero-order valence-electron chi connectivity index (χ0n) is 7.47. The van der Waals surface area contributed by atoms with Gasteiger partial charge >= 0.3 is 5.97 Å². The summed E-state index contributed by atoms with van der Waals surface area (Å²) in [6, 6.07) is 0. The lowest BCUT2D eigenvalue weighted by Crippen LogP contribution is -2.02. The average Bonchev–Trinajstić information content (AvgIpc) is 2.43. The van der Waals surface area contributed by atoms with E-state index >= 15 is 0 Å². The number of hydrogen-bond acceptors (Lipinski definition) is 1. The van der Waals surface area contributed by atoms with Crippen molar-refractivity contribution >= 4 is 5.97 Å². The van der Waals surface area contributed by atoms with Crippen LogP contribution in [0.1, 0.15) is 46.0 Å². The minimum Gasteiger partial charge on any atom is -0.481 e. The number of rotatable bonds is 2. The molecule has 0 aromatic rings. The largest absolute Gasteiger partial charge is 0.481 e. The topological polar surface area (TPSA) is 37.3 Å². The first kappa shape index (κ1) is 10.5. The molecule has 1 aliphatic carbocycles. The molecule has 2 heteroatoms. The van der Waals surface area contributed by atoms with Crippen LogP contribution in [0.3, 0.4) is 0 Å². The molecule has 0 atom stereocenters. The number of hydrogen-bond donors (Lipinski definition) is 1. The van der Waals surface area contributed by atoms with Crippen LogP contribution in [0.2, 0.25) is 0 Å². The van der Waals surface area contributed by atoms with Gasteiger partial charge in [-0.3, -0.25) is 4.79 Å². The molecule has 0 saturated heterocycles. The van der Waals surface area contributed by atoms with Gasteiger partial charge in [0.05, 0.1) is 0 Å². The lowest BCUT2D eigenvalue weighted by Gasteiger charge is -2.01. The average molecular weight is 158 g/mol. The third-order valence-corrected chi connectivity index (χ3v) is 1.94. The Kier molecular flexibility index (Phi) is 5.90. The first-order valence-corrected chi connectivity index (χ1v) is 4.51. The van der Waals surface area contributed by atoms with E-state index in [4.69, 9.17) is 5.11 Å². The first-order valence-electron chi connectivity index (χ1n) is 4.51. The van der Waals surface area contributed by atoms with Crippen molar-refractivity contribution in [3.63, 3.8) is 0 Å². The smallest absolute Gasteiger partial charge is 0.303 e. The Balaban J connectivity index is 0.000000461. The van der Waals surface area contributed by atoms with Gasteiger partial charge in [0.15, 0.2) is 0 Å². The van der Waals surface area contributed by atoms with Crippen molar-refractivity contribution in [3.8, 4) is 0 Å². The van der Waals surface area contributed by atoms with Crippen LogP contribution in [0.5, 0.6) is 0 Å². The Morgan fingerprint density at radius 1 is 1.36 bits per heavy atom. The van der Waals surface area contributed by atoms with Crippen molar-refractivity contribution in [2.45, 2.75) is 46.0 Å². The molecular formula is C9H18O2. The van der Waals surface area contributed by atoms with Gasteiger partial charge in [-0.15, -0.1) is 0 Å². The molecule has 0 unspecified atom stereocenters. The van der Waals surface area contributed by atoms with Gasteiger partial charge in [0.1, 0.15) is 0 Å². The molecule has 0 amide bonds. The Bertz CT molecular complexity index is 104. The lowest BCUT2D eigenvalue weighted by molar-refractivity contribution is -0.138. The van der Waals surface area contributed by atoms with E-state index in [1.54, 1.807) is 0 Å². The second-order valence-electron chi connectivity index (χ2n) is 2.75. The predicted molar refractivity (Wildman–Crippen MR) is 45.6 cm³/mol. The van der Waals surface area contributed by atoms with Gasteiger partial charge in [-0.25, -0.2) is 0 Å². The van der Waals surface area contributed by atoms with Gasteiger partial charge in [0.2, 0.25) is 0 Å². The molecule has 1 rings (SSSR count). The van der Waals surface area contributed by atoms with Gasteiger partial charge in [-0.2, -0.15) is 0 Å². The highest BCUT2D eigenvalue weighted by Gasteiger charge is 2.17. The highest BCUT2D eigenvalue weighted by Crippen LogP contribution is 2.27. The standard InChI is InChI=1S/C7H12O2.C2H6/c8-7(9)5-6-3-1-2-4-6;1-2/h6H,1-5H2,(H,8,9);1-2H3. The molecule has 0 bridgehead atoms. The van der Waals surface area contributed by atoms with Crippen molar-refractivity contribution in [2.75, 3.05) is 0 Å². The highest BCUT2D eigenvalue weighted by atomic mass is 16.4. The van der Waals surface area contributed by atoms with E-state index in [1.807, 2.05) is 13.8 Å². The van der Waals surface area contributed by atoms with E-state index < -0.39 is 5.97 Å². The number of aliphatic carboxylic acids is 1. The van der Waals surface area contributed by atoms with Gasteiger partial charge in [0.25, 0.3) is 0 Å². The highest BCUT2D eigenvalue weighted by molar-refractivity contribution is 5.67. The van der Waals surface area contributed by atoms with Crippen LogP contribution in [0.25, 0.3) is 0 Å². The Morgan fingerprint density at radius 2 is 1.82 bits per heavy atom. The summed E-state index contributed by atoms with van der Waals surface area (Å²) in [5, 5.41) is 8.37. The van der Waals surface area contributed by atoms with E-state index in [0.717, 1.165) is 12.8 Å². The van der Waals surface area contributed by atoms with Gasteiger partial charge in [0, 0.05) is 6.42 Å². The van der Waals surface area contributed by atoms with Crippen LogP contribution in [-0.4, -0.2) is 11.1 Å². The molecule has 0 aromatic heterocycles. The van der Waals surface area contributed by atoms with E-state index in [-0.39, 0.29) is 0 Å². The second kappa shape index (κ2) is 6.20. The molecule has 2 nitrogen and oxygen atoms in total. The Morgan fingerprint density at radius 3 is 2.18 bits per heavy atom. The minimum atomic E-state index is -0.637. The van der Waals surface area contributed by atoms with E-state index in [2.05, 4.69) is 0 Å². The van der Waals surface area contributed by atoms with Crippen molar-refractivity contribution in [3.05, 3.63) is 0 Å². The molecule has 11 heavy (non-hydrogen) atoms. The molecule has 1 saturated carbocycles. The van der Waals surface area contributed by atoms with Gasteiger partial charge in [-0.05, 0) is 18.8 Å². The molecular weight excluding hydrogens is 140 g/mol. The Labute approximate surface area is 68.6 Å². The monoisotopic (exact) mass is 158 g/mol. The summed E-state index contributed by atoms with van der Waals surface area (Å²) < 4.78 is 0. The maximum atomic E-state index is 10.2. The van der Waals surface area contributed by atoms with Crippen molar-refractivity contribution < 1.29 is 9.90 Å². The van der Waals surface area contributed by atoms with E-state index in [0.29, 0.717) is 12.3 Å². The SMILES string of the molecule is CC.O=C(O)CC1CCCC1. The predicted octanol–water partition coefficient (Wildman–Crippen LogP) is 2.68. The quantitative estimate of drug-likeness (QED) is 0.670. The van der Waals surface area contributed by atoms with Crippen molar-refractivity contribution in [1.82, 2.24) is 0 Å². The van der Waals surface area contributed by atoms with Gasteiger partial charge < -0.3 is 5.11 Å². The molecule has 0 heterocycles. The van der Waals surface area contributed by atoms with Crippen LogP contribution < -0.4 is 0 Å². The van der Waals surface area contributed by atoms with Crippen LogP contribution in [0.4, 0.5) is 0 Å². The molecule has 0 aliphatic heterocycles. The maximum absolute atomic E-state index is 10.2. The van der Waals surface area contributed by atoms with Crippen molar-refractivity contribution in [2.24, 2.45) is 5.92 Å². The summed E-state index contributed by atoms with van der Waals surface area (Å²) in [7, 11) is 0. The normalized spacial score (nSPS) is 17.3. The molecule has 0 aromatic carbocycles. The zero-order chi connectivity index (χ0) is 8.69. The summed E-state index contributed by atoms with van der Waals surface area (Å²) >= 11 is 0. The molecule has 1 fully saturated rings. The summed E-state index contributed by atoms with van der Waals surface area (Å²) in [6.07, 6.45) is 5.12. The maximum Gasteiger partial charge on any atom is 0.303 e. The third kappa shape index (κ3) is 4.82. The number of carboxylic acids is 1. The fourth-order valence-corrected chi connectivity index (χ4v) is 1.46. The fraction of sp³-hybridized carbons (Fsp3) is 0.889. The Hall–Kier alpha value is -0.530. The molecule has 1 N–H and O–H groups in total. The van der Waals surface area contributed by atoms with Crippen LogP contribution in [-0.2, 0) is 4.79 Å². The summed E-state index contributed by atoms with van der Waals surface area (Å²) in [6.45, 7) is 4.00. The second-order valence-corrected chi connectivity index (χ2v) is 2.75. The summed E-state index contributed by atoms with van der Waals surface area (Å²) in [4.78, 5) is 10.2. The lowest BCUT2D eigenvalue weighted by atomic mass is 10.1. The summed E-state index contributed by atoms with van der Waals surface area (Å²) in [5.41, 5.74) is 0. The third-order valence-electron chi connectivity index (χ3n) is 1.94. The molecule has 0 spiro atoms. The van der Waals surface area contributed by atoms with E-state index in [1.165, 1.54) is 12.8 Å². The fourth-order valence-electron chi connectivity index (χ4n) is 1.46. The molecule has 1 aliphatic rings. The van der Waals surface area contributed by atoms with Crippen LogP contribution >= 0.6 is 0 Å². The van der Waals surface area contributed by atoms with Crippen LogP contribution in [0.15, 0.2) is 0 Å². The number of carbonyl (C=O) groups is 1. The van der Waals surface area contributed by atoms with Crippen molar-refractivity contribution in [1.29, 1.82) is 0 Å². The van der Waals surface area contributed by atoms with E-state index in [9.17, 15) is 4.79 Å². The first-order chi connectivity index (χ1) is 5.29. The van der Waals surface area contributed by atoms with Crippen LogP contribution in [0, 0.1) is 5.92 Å².